The number of nitrogens with zero attached hydrogens (tertiary/aromatic N) is 3. The van der Waals surface area contributed by atoms with Crippen molar-refractivity contribution in [2.75, 3.05) is 26.7 Å². The van der Waals surface area contributed by atoms with Crippen LogP contribution < -0.4 is 5.32 Å². The van der Waals surface area contributed by atoms with Gasteiger partial charge in [0.15, 0.2) is 0 Å². The molecule has 100 valence electrons. The Hall–Kier alpha value is -1.36. The lowest BCUT2D eigenvalue weighted by Crippen LogP contribution is -2.40. The van der Waals surface area contributed by atoms with Gasteiger partial charge in [-0.2, -0.15) is 5.10 Å². The van der Waals surface area contributed by atoms with Gasteiger partial charge >= 0.3 is 0 Å². The molecule has 0 radical (unpaired) electrons. The number of carbonyl (C=O) groups excluding carboxylic acids is 1. The Morgan fingerprint density at radius 2 is 2.22 bits per heavy atom. The van der Waals surface area contributed by atoms with Crippen molar-refractivity contribution in [3.05, 3.63) is 18.0 Å². The van der Waals surface area contributed by atoms with Gasteiger partial charge in [-0.3, -0.25) is 9.48 Å². The lowest BCUT2D eigenvalue weighted by Gasteiger charge is -2.31. The molecule has 1 N–H and O–H groups in total. The predicted octanol–water partition coefficient (Wildman–Crippen LogP) is 0.975. The molecule has 0 saturated carbocycles. The van der Waals surface area contributed by atoms with E-state index in [9.17, 15) is 4.79 Å². The summed E-state index contributed by atoms with van der Waals surface area (Å²) >= 11 is 0. The largest absolute Gasteiger partial charge is 0.339 e. The SMILES string of the molecule is CCn1cc(C(=O)N2CCC(CNC)CC2)cn1. The molecule has 0 bridgehead atoms. The zero-order valence-electron chi connectivity index (χ0n) is 11.2. The molecule has 1 amide bonds. The third kappa shape index (κ3) is 2.90. The van der Waals surface area contributed by atoms with Crippen molar-refractivity contribution in [2.24, 2.45) is 5.92 Å². The van der Waals surface area contributed by atoms with Gasteiger partial charge in [0.2, 0.25) is 0 Å². The first-order valence-corrected chi connectivity index (χ1v) is 6.71. The van der Waals surface area contributed by atoms with Gasteiger partial charge in [0.05, 0.1) is 11.8 Å². The zero-order chi connectivity index (χ0) is 13.0. The van der Waals surface area contributed by atoms with Crippen LogP contribution in [-0.2, 0) is 6.54 Å². The quantitative estimate of drug-likeness (QED) is 0.866. The maximum atomic E-state index is 12.3. The van der Waals surface area contributed by atoms with Crippen molar-refractivity contribution in [2.45, 2.75) is 26.3 Å². The Morgan fingerprint density at radius 3 is 2.78 bits per heavy atom. The number of nitrogens with one attached hydrogen (secondary N) is 1. The van der Waals surface area contributed by atoms with Gasteiger partial charge in [-0.05, 0) is 39.3 Å². The molecular weight excluding hydrogens is 228 g/mol. The van der Waals surface area contributed by atoms with Gasteiger partial charge in [-0.15, -0.1) is 0 Å². The molecular formula is C13H22N4O. The van der Waals surface area contributed by atoms with Gasteiger partial charge < -0.3 is 10.2 Å². The third-order valence-electron chi connectivity index (χ3n) is 3.60. The minimum Gasteiger partial charge on any atom is -0.339 e. The highest BCUT2D eigenvalue weighted by atomic mass is 16.2. The molecule has 0 unspecified atom stereocenters. The van der Waals surface area contributed by atoms with E-state index < -0.39 is 0 Å². The monoisotopic (exact) mass is 250 g/mol. The van der Waals surface area contributed by atoms with Crippen LogP contribution in [0.25, 0.3) is 0 Å². The van der Waals surface area contributed by atoms with E-state index in [1.54, 1.807) is 10.9 Å². The normalized spacial score (nSPS) is 17.1. The summed E-state index contributed by atoms with van der Waals surface area (Å²) in [5.41, 5.74) is 0.712. The van der Waals surface area contributed by atoms with Crippen LogP contribution in [0.1, 0.15) is 30.1 Å². The zero-order valence-corrected chi connectivity index (χ0v) is 11.2. The summed E-state index contributed by atoms with van der Waals surface area (Å²) < 4.78 is 1.79. The van der Waals surface area contributed by atoms with Crippen LogP contribution >= 0.6 is 0 Å². The molecule has 5 nitrogen and oxygen atoms in total. The Labute approximate surface area is 108 Å². The first kappa shape index (κ1) is 13.1. The molecule has 1 aromatic rings. The average molecular weight is 250 g/mol. The van der Waals surface area contributed by atoms with E-state index in [2.05, 4.69) is 10.4 Å². The van der Waals surface area contributed by atoms with Gasteiger partial charge in [-0.1, -0.05) is 0 Å². The summed E-state index contributed by atoms with van der Waals surface area (Å²) in [6, 6.07) is 0. The number of aryl methyl sites for hydroxylation is 1. The summed E-state index contributed by atoms with van der Waals surface area (Å²) in [6.07, 6.45) is 5.69. The summed E-state index contributed by atoms with van der Waals surface area (Å²) in [5.74, 6) is 0.829. The number of amides is 1. The molecule has 0 aromatic carbocycles. The standard InChI is InChI=1S/C13H22N4O/c1-3-17-10-12(9-15-17)13(18)16-6-4-11(5-7-16)8-14-2/h9-11,14H,3-8H2,1-2H3. The van der Waals surface area contributed by atoms with Crippen molar-refractivity contribution in [3.63, 3.8) is 0 Å². The fraction of sp³-hybridized carbons (Fsp3) is 0.692. The highest BCUT2D eigenvalue weighted by Gasteiger charge is 2.23. The minimum absolute atomic E-state index is 0.123. The molecule has 1 aliphatic heterocycles. The molecule has 1 saturated heterocycles. The number of rotatable bonds is 4. The van der Waals surface area contributed by atoms with Crippen LogP contribution in [0.2, 0.25) is 0 Å². The lowest BCUT2D eigenvalue weighted by molar-refractivity contribution is 0.0691. The second-order valence-corrected chi connectivity index (χ2v) is 4.88. The molecule has 0 atom stereocenters. The highest BCUT2D eigenvalue weighted by Crippen LogP contribution is 2.18. The van der Waals surface area contributed by atoms with Crippen LogP contribution in [0.4, 0.5) is 0 Å². The smallest absolute Gasteiger partial charge is 0.257 e. The molecule has 18 heavy (non-hydrogen) atoms. The van der Waals surface area contributed by atoms with Crippen molar-refractivity contribution in [3.8, 4) is 0 Å². The van der Waals surface area contributed by atoms with Gasteiger partial charge in [-0.25, -0.2) is 0 Å². The van der Waals surface area contributed by atoms with E-state index in [4.69, 9.17) is 0 Å². The minimum atomic E-state index is 0.123. The fourth-order valence-electron chi connectivity index (χ4n) is 2.46. The van der Waals surface area contributed by atoms with Crippen molar-refractivity contribution < 1.29 is 4.79 Å². The molecule has 1 aromatic heterocycles. The molecule has 1 fully saturated rings. The van der Waals surface area contributed by atoms with Gasteiger partial charge in [0, 0.05) is 25.8 Å². The maximum absolute atomic E-state index is 12.3. The number of likely N-dealkylation sites (tertiary alicyclic amines) is 1. The summed E-state index contributed by atoms with van der Waals surface area (Å²) in [4.78, 5) is 14.2. The summed E-state index contributed by atoms with van der Waals surface area (Å²) in [7, 11) is 1.98. The molecule has 0 spiro atoms. The lowest BCUT2D eigenvalue weighted by atomic mass is 9.96. The Balaban J connectivity index is 1.91. The van der Waals surface area contributed by atoms with Crippen LogP contribution in [0.5, 0.6) is 0 Å². The topological polar surface area (TPSA) is 50.2 Å². The van der Waals surface area contributed by atoms with E-state index >= 15 is 0 Å². The maximum Gasteiger partial charge on any atom is 0.257 e. The summed E-state index contributed by atoms with van der Waals surface area (Å²) in [5, 5.41) is 7.36. The van der Waals surface area contributed by atoms with E-state index in [1.165, 1.54) is 0 Å². The first-order valence-electron chi connectivity index (χ1n) is 6.71. The Bertz CT molecular complexity index is 393. The van der Waals surface area contributed by atoms with Gasteiger partial charge in [0.25, 0.3) is 5.91 Å². The first-order chi connectivity index (χ1) is 8.74. The molecule has 2 rings (SSSR count). The number of carbonyl (C=O) groups is 1. The van der Waals surface area contributed by atoms with Gasteiger partial charge in [0.1, 0.15) is 0 Å². The highest BCUT2D eigenvalue weighted by molar-refractivity contribution is 5.93. The van der Waals surface area contributed by atoms with Crippen molar-refractivity contribution in [1.82, 2.24) is 20.0 Å². The van der Waals surface area contributed by atoms with Crippen LogP contribution in [0.3, 0.4) is 0 Å². The number of hydrogen-bond donors (Lipinski definition) is 1. The predicted molar refractivity (Wildman–Crippen MR) is 70.5 cm³/mol. The van der Waals surface area contributed by atoms with Crippen LogP contribution in [0, 0.1) is 5.92 Å². The second-order valence-electron chi connectivity index (χ2n) is 4.88. The number of aromatic nitrogens is 2. The van der Waals surface area contributed by atoms with E-state index in [0.29, 0.717) is 11.5 Å². The molecule has 0 aliphatic carbocycles. The molecule has 5 heteroatoms. The van der Waals surface area contributed by atoms with Crippen LogP contribution in [-0.4, -0.2) is 47.3 Å². The third-order valence-corrected chi connectivity index (χ3v) is 3.60. The second kappa shape index (κ2) is 6.00. The molecule has 2 heterocycles. The summed E-state index contributed by atoms with van der Waals surface area (Å²) in [6.45, 7) is 5.60. The fourth-order valence-corrected chi connectivity index (χ4v) is 2.46. The van der Waals surface area contributed by atoms with E-state index in [1.807, 2.05) is 25.1 Å². The van der Waals surface area contributed by atoms with E-state index in [-0.39, 0.29) is 5.91 Å². The molecule has 1 aliphatic rings. The Morgan fingerprint density at radius 1 is 1.50 bits per heavy atom. The van der Waals surface area contributed by atoms with E-state index in [0.717, 1.165) is 39.0 Å². The Kier molecular flexibility index (Phi) is 4.36. The number of piperidine rings is 1. The van der Waals surface area contributed by atoms with Crippen molar-refractivity contribution in [1.29, 1.82) is 0 Å². The van der Waals surface area contributed by atoms with Crippen LogP contribution in [0.15, 0.2) is 12.4 Å². The average Bonchev–Trinajstić information content (AvgIpc) is 2.88. The van der Waals surface area contributed by atoms with Crippen molar-refractivity contribution >= 4 is 5.91 Å². The number of hydrogen-bond acceptors (Lipinski definition) is 3.